The van der Waals surface area contributed by atoms with Gasteiger partial charge in [-0.05, 0) is 49.6 Å². The van der Waals surface area contributed by atoms with E-state index in [1.165, 1.54) is 11.0 Å². The molecule has 0 radical (unpaired) electrons. The van der Waals surface area contributed by atoms with Crippen LogP contribution < -0.4 is 10.1 Å². The molecule has 2 aromatic carbocycles. The Morgan fingerprint density at radius 1 is 1.06 bits per heavy atom. The maximum Gasteiger partial charge on any atom is 0.261 e. The van der Waals surface area contributed by atoms with Crippen molar-refractivity contribution in [2.75, 3.05) is 6.61 Å². The van der Waals surface area contributed by atoms with E-state index in [0.29, 0.717) is 37.8 Å². The lowest BCUT2D eigenvalue weighted by atomic mass is 10.1. The molecule has 0 aliphatic heterocycles. The minimum atomic E-state index is -0.699. The molecule has 1 fully saturated rings. The normalized spacial score (nSPS) is 14.7. The van der Waals surface area contributed by atoms with Crippen molar-refractivity contribution in [1.82, 2.24) is 10.2 Å². The molecule has 5 nitrogen and oxygen atoms in total. The largest absolute Gasteiger partial charge is 0.482 e. The van der Waals surface area contributed by atoms with Crippen molar-refractivity contribution in [2.24, 2.45) is 0 Å². The van der Waals surface area contributed by atoms with Crippen molar-refractivity contribution >= 4 is 58.2 Å². The highest BCUT2D eigenvalue weighted by atomic mass is 35.5. The van der Waals surface area contributed by atoms with Crippen LogP contribution in [0.5, 0.6) is 5.75 Å². The zero-order chi connectivity index (χ0) is 24.0. The maximum absolute atomic E-state index is 13.3. The number of rotatable bonds is 9. The van der Waals surface area contributed by atoms with E-state index in [4.69, 9.17) is 51.1 Å². The van der Waals surface area contributed by atoms with Gasteiger partial charge >= 0.3 is 0 Å². The third kappa shape index (κ3) is 6.92. The lowest BCUT2D eigenvalue weighted by Gasteiger charge is -2.32. The Labute approximate surface area is 214 Å². The molecule has 0 bridgehead atoms. The minimum absolute atomic E-state index is 0.0750. The monoisotopic (exact) mass is 530 g/mol. The van der Waals surface area contributed by atoms with Crippen LogP contribution in [0.4, 0.5) is 0 Å². The molecule has 0 spiro atoms. The Morgan fingerprint density at radius 2 is 1.73 bits per heavy atom. The van der Waals surface area contributed by atoms with Gasteiger partial charge in [-0.2, -0.15) is 0 Å². The summed E-state index contributed by atoms with van der Waals surface area (Å²) in [5.74, 6) is -0.246. The van der Waals surface area contributed by atoms with Gasteiger partial charge in [0.2, 0.25) is 5.91 Å². The number of carbonyl (C=O) groups excluding carboxylic acids is 2. The highest BCUT2D eigenvalue weighted by Gasteiger charge is 2.31. The third-order valence-corrected chi connectivity index (χ3v) is 6.96. The number of hydrogen-bond donors (Lipinski definition) is 1. The van der Waals surface area contributed by atoms with Crippen LogP contribution in [0, 0.1) is 0 Å². The van der Waals surface area contributed by atoms with Crippen LogP contribution >= 0.6 is 46.4 Å². The summed E-state index contributed by atoms with van der Waals surface area (Å²) in [6.45, 7) is 1.63. The molecule has 3 rings (SSSR count). The fourth-order valence-corrected chi connectivity index (χ4v) is 4.94. The molecule has 178 valence electrons. The van der Waals surface area contributed by atoms with Gasteiger partial charge in [0.25, 0.3) is 5.91 Å². The van der Waals surface area contributed by atoms with Crippen molar-refractivity contribution in [3.63, 3.8) is 0 Å². The number of amides is 2. The summed E-state index contributed by atoms with van der Waals surface area (Å²) < 4.78 is 5.66. The van der Waals surface area contributed by atoms with Crippen LogP contribution in [0.3, 0.4) is 0 Å². The van der Waals surface area contributed by atoms with E-state index in [1.807, 2.05) is 6.92 Å². The number of ether oxygens (including phenoxy) is 1. The quantitative estimate of drug-likeness (QED) is 0.399. The SMILES string of the molecule is CC[C@H](C(=O)NC1CCCC1)N(Cc1c(Cl)cccc1Cl)C(=O)COc1ccc(Cl)cc1Cl. The third-order valence-electron chi connectivity index (χ3n) is 5.72. The summed E-state index contributed by atoms with van der Waals surface area (Å²) in [6, 6.07) is 9.33. The van der Waals surface area contributed by atoms with E-state index in [0.717, 1.165) is 25.7 Å². The predicted octanol–water partition coefficient (Wildman–Crippen LogP) is 6.55. The van der Waals surface area contributed by atoms with Gasteiger partial charge < -0.3 is 15.0 Å². The standard InChI is InChI=1S/C24H26Cl4N2O3/c1-2-21(24(32)29-16-6-3-4-7-16)30(13-17-18(26)8-5-9-19(17)27)23(31)14-33-22-11-10-15(25)12-20(22)28/h5,8-12,16,21H,2-4,6-7,13-14H2,1H3,(H,29,32)/t21-/m1/s1. The Bertz CT molecular complexity index is 975. The van der Waals surface area contributed by atoms with Gasteiger partial charge in [-0.1, -0.05) is 72.2 Å². The lowest BCUT2D eigenvalue weighted by molar-refractivity contribution is -0.143. The van der Waals surface area contributed by atoms with Crippen molar-refractivity contribution in [3.05, 3.63) is 62.1 Å². The Kier molecular flexibility index (Phi) is 9.57. The van der Waals surface area contributed by atoms with Crippen LogP contribution in [-0.2, 0) is 16.1 Å². The molecule has 1 aliphatic carbocycles. The van der Waals surface area contributed by atoms with Crippen molar-refractivity contribution < 1.29 is 14.3 Å². The van der Waals surface area contributed by atoms with E-state index in [2.05, 4.69) is 5.32 Å². The first-order chi connectivity index (χ1) is 15.8. The number of carbonyl (C=O) groups is 2. The molecule has 1 saturated carbocycles. The minimum Gasteiger partial charge on any atom is -0.482 e. The number of halogens is 4. The summed E-state index contributed by atoms with van der Waals surface area (Å²) in [5, 5.41) is 4.70. The number of benzene rings is 2. The molecule has 1 aliphatic rings. The summed E-state index contributed by atoms with van der Waals surface area (Å²) in [7, 11) is 0. The molecule has 9 heteroatoms. The lowest BCUT2D eigenvalue weighted by Crippen LogP contribution is -2.52. The van der Waals surface area contributed by atoms with Crippen LogP contribution in [0.1, 0.15) is 44.6 Å². The summed E-state index contributed by atoms with van der Waals surface area (Å²) >= 11 is 24.8. The van der Waals surface area contributed by atoms with Gasteiger partial charge in [-0.15, -0.1) is 0 Å². The molecule has 2 amide bonds. The first-order valence-corrected chi connectivity index (χ1v) is 12.4. The number of nitrogens with one attached hydrogen (secondary N) is 1. The van der Waals surface area contributed by atoms with Crippen molar-refractivity contribution in [2.45, 2.75) is 57.7 Å². The summed E-state index contributed by atoms with van der Waals surface area (Å²) in [4.78, 5) is 28.0. The fraction of sp³-hybridized carbons (Fsp3) is 0.417. The second-order valence-electron chi connectivity index (χ2n) is 8.00. The average Bonchev–Trinajstić information content (AvgIpc) is 3.27. The van der Waals surface area contributed by atoms with E-state index in [-0.39, 0.29) is 31.0 Å². The Balaban J connectivity index is 1.82. The first kappa shape index (κ1) is 26.0. The van der Waals surface area contributed by atoms with Gasteiger partial charge in [0, 0.05) is 33.2 Å². The van der Waals surface area contributed by atoms with Gasteiger partial charge in [0.1, 0.15) is 11.8 Å². The first-order valence-electron chi connectivity index (χ1n) is 10.9. The highest BCUT2D eigenvalue weighted by Crippen LogP contribution is 2.29. The molecule has 1 N–H and O–H groups in total. The topological polar surface area (TPSA) is 58.6 Å². The maximum atomic E-state index is 13.3. The van der Waals surface area contributed by atoms with E-state index >= 15 is 0 Å². The molecule has 0 aromatic heterocycles. The van der Waals surface area contributed by atoms with Crippen LogP contribution in [-0.4, -0.2) is 35.4 Å². The van der Waals surface area contributed by atoms with E-state index in [9.17, 15) is 9.59 Å². The van der Waals surface area contributed by atoms with Gasteiger partial charge in [-0.25, -0.2) is 0 Å². The number of nitrogens with zero attached hydrogens (tertiary/aromatic N) is 1. The van der Waals surface area contributed by atoms with E-state index in [1.54, 1.807) is 30.3 Å². The molecule has 0 heterocycles. The van der Waals surface area contributed by atoms with Crippen LogP contribution in [0.15, 0.2) is 36.4 Å². The van der Waals surface area contributed by atoms with Crippen LogP contribution in [0.25, 0.3) is 0 Å². The molecule has 0 saturated heterocycles. The van der Waals surface area contributed by atoms with Crippen molar-refractivity contribution in [1.29, 1.82) is 0 Å². The molecular weight excluding hydrogens is 506 g/mol. The molecule has 2 aromatic rings. The van der Waals surface area contributed by atoms with Crippen LogP contribution in [0.2, 0.25) is 20.1 Å². The highest BCUT2D eigenvalue weighted by molar-refractivity contribution is 6.36. The smallest absolute Gasteiger partial charge is 0.261 e. The summed E-state index contributed by atoms with van der Waals surface area (Å²) in [6.07, 6.45) is 4.51. The predicted molar refractivity (Wildman–Crippen MR) is 133 cm³/mol. The molecule has 0 unspecified atom stereocenters. The van der Waals surface area contributed by atoms with Gasteiger partial charge in [0.15, 0.2) is 6.61 Å². The second kappa shape index (κ2) is 12.2. The average molecular weight is 532 g/mol. The fourth-order valence-electron chi connectivity index (χ4n) is 3.96. The number of hydrogen-bond acceptors (Lipinski definition) is 3. The molecular formula is C24H26Cl4N2O3. The van der Waals surface area contributed by atoms with E-state index < -0.39 is 6.04 Å². The van der Waals surface area contributed by atoms with Gasteiger partial charge in [-0.3, -0.25) is 9.59 Å². The van der Waals surface area contributed by atoms with Gasteiger partial charge in [0.05, 0.1) is 5.02 Å². The Morgan fingerprint density at radius 3 is 2.33 bits per heavy atom. The summed E-state index contributed by atoms with van der Waals surface area (Å²) in [5.41, 5.74) is 0.575. The molecule has 33 heavy (non-hydrogen) atoms. The second-order valence-corrected chi connectivity index (χ2v) is 9.66. The zero-order valence-electron chi connectivity index (χ0n) is 18.3. The zero-order valence-corrected chi connectivity index (χ0v) is 21.3. The Hall–Kier alpha value is -1.66. The molecule has 1 atom stereocenters. The van der Waals surface area contributed by atoms with Crippen molar-refractivity contribution in [3.8, 4) is 5.75 Å².